The molecule has 0 aliphatic rings. The topological polar surface area (TPSA) is 45.7 Å². The number of hydrogen-bond acceptors (Lipinski definition) is 3. The molecule has 0 amide bonds. The second-order valence-electron chi connectivity index (χ2n) is 3.34. The van der Waals surface area contributed by atoms with Crippen molar-refractivity contribution in [1.29, 1.82) is 0 Å². The van der Waals surface area contributed by atoms with Crippen LogP contribution < -0.4 is 0 Å². The molecule has 2 heterocycles. The summed E-state index contributed by atoms with van der Waals surface area (Å²) in [6.45, 7) is 0. The van der Waals surface area contributed by atoms with Crippen LogP contribution in [-0.2, 0) is 5.11 Å². The van der Waals surface area contributed by atoms with Crippen molar-refractivity contribution >= 4 is 22.4 Å². The number of aromatic nitrogens is 2. The van der Waals surface area contributed by atoms with E-state index >= 15 is 0 Å². The molecule has 3 rings (SSSR count). The maximum atomic E-state index is 11.8. The van der Waals surface area contributed by atoms with Crippen LogP contribution in [0.5, 0.6) is 5.88 Å². The zero-order valence-corrected chi connectivity index (χ0v) is 9.07. The second-order valence-corrected chi connectivity index (χ2v) is 4.29. The molecule has 0 aliphatic heterocycles. The minimum absolute atomic E-state index is 0.263. The van der Waals surface area contributed by atoms with E-state index in [-0.39, 0.29) is 5.88 Å². The summed E-state index contributed by atoms with van der Waals surface area (Å²) in [6.07, 6.45) is 0. The summed E-state index contributed by atoms with van der Waals surface area (Å²) in [4.78, 5) is 9.24. The van der Waals surface area contributed by atoms with E-state index in [9.17, 15) is 5.11 Å². The van der Waals surface area contributed by atoms with Gasteiger partial charge in [0.15, 0.2) is 0 Å². The van der Waals surface area contributed by atoms with E-state index in [0.717, 1.165) is 10.4 Å². The van der Waals surface area contributed by atoms with Crippen molar-refractivity contribution in [1.82, 2.24) is 9.97 Å². The van der Waals surface area contributed by atoms with Crippen LogP contribution in [0.15, 0.2) is 41.8 Å². The summed E-state index contributed by atoms with van der Waals surface area (Å²) in [7, 11) is 0. The number of fused-ring (bicyclic) bond motifs is 1. The number of nitrogens with zero attached hydrogens (tertiary/aromatic N) is 2. The Balaban J connectivity index is 2.30. The highest BCUT2D eigenvalue weighted by Crippen LogP contribution is 2.30. The van der Waals surface area contributed by atoms with Gasteiger partial charge in [0.05, 0.1) is 15.9 Å². The van der Waals surface area contributed by atoms with E-state index in [1.807, 2.05) is 35.7 Å². The first-order valence-electron chi connectivity index (χ1n) is 4.82. The van der Waals surface area contributed by atoms with E-state index in [0.29, 0.717) is 11.2 Å². The van der Waals surface area contributed by atoms with Crippen molar-refractivity contribution in [2.45, 2.75) is 0 Å². The van der Waals surface area contributed by atoms with Crippen LogP contribution in [0.4, 0.5) is 0 Å². The number of hydrogen-bond donors (Lipinski definition) is 0. The highest BCUT2D eigenvalue weighted by molar-refractivity contribution is 7.13. The average molecular weight is 227 g/mol. The Morgan fingerprint density at radius 3 is 2.38 bits per heavy atom. The zero-order chi connectivity index (χ0) is 11.0. The molecule has 3 aromatic rings. The molecular formula is C12H7N2OS. The van der Waals surface area contributed by atoms with Gasteiger partial charge >= 0.3 is 0 Å². The summed E-state index contributed by atoms with van der Waals surface area (Å²) in [5, 5.41) is 13.7. The molecule has 16 heavy (non-hydrogen) atoms. The quantitative estimate of drug-likeness (QED) is 0.638. The smallest absolute Gasteiger partial charge is 0.265 e. The SMILES string of the molecule is [O]c1nc2ccccc2nc1-c1cccs1. The van der Waals surface area contributed by atoms with Crippen molar-refractivity contribution in [2.75, 3.05) is 0 Å². The molecule has 3 nitrogen and oxygen atoms in total. The summed E-state index contributed by atoms with van der Waals surface area (Å²) in [5.41, 5.74) is 1.84. The third kappa shape index (κ3) is 1.44. The van der Waals surface area contributed by atoms with Gasteiger partial charge in [0.25, 0.3) is 5.88 Å². The first-order chi connectivity index (χ1) is 7.84. The number of rotatable bonds is 1. The lowest BCUT2D eigenvalue weighted by molar-refractivity contribution is 0.339. The number of benzene rings is 1. The van der Waals surface area contributed by atoms with Crippen molar-refractivity contribution in [3.05, 3.63) is 41.8 Å². The van der Waals surface area contributed by atoms with E-state index in [1.165, 1.54) is 11.3 Å². The lowest BCUT2D eigenvalue weighted by Gasteiger charge is -2.00. The molecule has 0 N–H and O–H groups in total. The average Bonchev–Trinajstić information content (AvgIpc) is 2.81. The fraction of sp³-hybridized carbons (Fsp3) is 0. The fourth-order valence-corrected chi connectivity index (χ4v) is 2.26. The molecule has 0 saturated heterocycles. The second kappa shape index (κ2) is 3.57. The van der Waals surface area contributed by atoms with E-state index in [4.69, 9.17) is 0 Å². The van der Waals surface area contributed by atoms with Crippen LogP contribution in [0.1, 0.15) is 0 Å². The monoisotopic (exact) mass is 227 g/mol. The van der Waals surface area contributed by atoms with Gasteiger partial charge in [-0.1, -0.05) is 18.2 Å². The van der Waals surface area contributed by atoms with Crippen LogP contribution >= 0.6 is 11.3 Å². The van der Waals surface area contributed by atoms with Crippen LogP contribution in [0.3, 0.4) is 0 Å². The van der Waals surface area contributed by atoms with Crippen LogP contribution in [0.25, 0.3) is 21.6 Å². The normalized spacial score (nSPS) is 10.8. The van der Waals surface area contributed by atoms with Crippen molar-refractivity contribution in [2.24, 2.45) is 0 Å². The van der Waals surface area contributed by atoms with Gasteiger partial charge in [0, 0.05) is 0 Å². The van der Waals surface area contributed by atoms with Gasteiger partial charge in [-0.3, -0.25) is 5.11 Å². The van der Waals surface area contributed by atoms with Crippen molar-refractivity contribution in [3.63, 3.8) is 0 Å². The van der Waals surface area contributed by atoms with Gasteiger partial charge in [-0.2, -0.15) is 0 Å². The Morgan fingerprint density at radius 1 is 0.938 bits per heavy atom. The number of para-hydroxylation sites is 2. The standard InChI is InChI=1S/C12H7N2OS/c15-12-11(10-6-3-7-16-10)13-8-4-1-2-5-9(8)14-12/h1-7H. The minimum Gasteiger partial charge on any atom is -0.265 e. The molecule has 4 heteroatoms. The Morgan fingerprint density at radius 2 is 1.69 bits per heavy atom. The fourth-order valence-electron chi connectivity index (χ4n) is 1.56. The predicted octanol–water partition coefficient (Wildman–Crippen LogP) is 3.50. The van der Waals surface area contributed by atoms with Gasteiger partial charge in [0.2, 0.25) is 0 Å². The number of thiophene rings is 1. The molecule has 77 valence electrons. The molecule has 2 aromatic heterocycles. The van der Waals surface area contributed by atoms with Gasteiger partial charge in [-0.05, 0) is 23.6 Å². The summed E-state index contributed by atoms with van der Waals surface area (Å²) in [6, 6.07) is 11.2. The molecule has 0 atom stereocenters. The lowest BCUT2D eigenvalue weighted by Crippen LogP contribution is -1.87. The molecule has 0 saturated carbocycles. The largest absolute Gasteiger partial charge is 0.297 e. The molecule has 0 aliphatic carbocycles. The van der Waals surface area contributed by atoms with Crippen LogP contribution in [0.2, 0.25) is 0 Å². The van der Waals surface area contributed by atoms with E-state index in [1.54, 1.807) is 6.07 Å². The van der Waals surface area contributed by atoms with E-state index in [2.05, 4.69) is 9.97 Å². The molecule has 0 unspecified atom stereocenters. The van der Waals surface area contributed by atoms with Gasteiger partial charge in [-0.15, -0.1) is 11.3 Å². The molecular weight excluding hydrogens is 220 g/mol. The first kappa shape index (κ1) is 9.30. The highest BCUT2D eigenvalue weighted by atomic mass is 32.1. The summed E-state index contributed by atoms with van der Waals surface area (Å²) in [5.74, 6) is -0.263. The lowest BCUT2D eigenvalue weighted by atomic mass is 10.2. The minimum atomic E-state index is -0.263. The highest BCUT2D eigenvalue weighted by Gasteiger charge is 2.11. The summed E-state index contributed by atoms with van der Waals surface area (Å²) >= 11 is 1.50. The maximum Gasteiger partial charge on any atom is 0.297 e. The van der Waals surface area contributed by atoms with Crippen molar-refractivity contribution < 1.29 is 5.11 Å². The maximum absolute atomic E-state index is 11.8. The third-order valence-corrected chi connectivity index (χ3v) is 3.17. The van der Waals surface area contributed by atoms with Gasteiger partial charge in [-0.25, -0.2) is 9.97 Å². The molecule has 1 radical (unpaired) electrons. The van der Waals surface area contributed by atoms with E-state index < -0.39 is 0 Å². The zero-order valence-electron chi connectivity index (χ0n) is 8.25. The third-order valence-electron chi connectivity index (χ3n) is 2.29. The Kier molecular flexibility index (Phi) is 2.08. The molecule has 0 spiro atoms. The molecule has 1 aromatic carbocycles. The Hall–Kier alpha value is -1.94. The first-order valence-corrected chi connectivity index (χ1v) is 5.70. The Bertz CT molecular complexity index is 635. The Labute approximate surface area is 96.0 Å². The van der Waals surface area contributed by atoms with Gasteiger partial charge < -0.3 is 0 Å². The van der Waals surface area contributed by atoms with Crippen LogP contribution in [-0.4, -0.2) is 9.97 Å². The van der Waals surface area contributed by atoms with Crippen molar-refractivity contribution in [3.8, 4) is 16.5 Å². The van der Waals surface area contributed by atoms with Crippen LogP contribution in [0, 0.1) is 0 Å². The summed E-state index contributed by atoms with van der Waals surface area (Å²) < 4.78 is 0. The van der Waals surface area contributed by atoms with Gasteiger partial charge in [0.1, 0.15) is 5.69 Å². The molecule has 0 bridgehead atoms. The predicted molar refractivity (Wildman–Crippen MR) is 63.0 cm³/mol. The molecule has 0 fully saturated rings.